The Balaban J connectivity index is 3.53. The minimum Gasteiger partial charge on any atom is -0.480 e. The molecular weight excluding hydrogens is 282 g/mol. The monoisotopic (exact) mass is 290 g/mol. The molecule has 0 fully saturated rings. The van der Waals surface area contributed by atoms with Crippen LogP contribution in [0.2, 0.25) is 0 Å². The molecule has 108 valence electrons. The number of aromatic nitrogens is 1. The van der Waals surface area contributed by atoms with E-state index >= 15 is 0 Å². The van der Waals surface area contributed by atoms with E-state index in [1.807, 2.05) is 0 Å². The maximum Gasteiger partial charge on any atom is 0.573 e. The standard InChI is InChI=1S/C9H8F6N2O2/c1-18-7-5(8(10,11)12)6(19-9(13,14)15)4(2-16)3-17-7/h3H,2,16H2,1H3. The van der Waals surface area contributed by atoms with Crippen molar-refractivity contribution >= 4 is 0 Å². The van der Waals surface area contributed by atoms with Crippen molar-refractivity contribution in [2.45, 2.75) is 19.1 Å². The van der Waals surface area contributed by atoms with Crippen LogP contribution in [-0.4, -0.2) is 18.5 Å². The normalized spacial score (nSPS) is 12.4. The van der Waals surface area contributed by atoms with Crippen LogP contribution in [0, 0.1) is 0 Å². The van der Waals surface area contributed by atoms with Gasteiger partial charge >= 0.3 is 12.5 Å². The lowest BCUT2D eigenvalue weighted by molar-refractivity contribution is -0.276. The van der Waals surface area contributed by atoms with E-state index in [2.05, 4.69) is 14.5 Å². The molecule has 1 aromatic rings. The first-order chi connectivity index (χ1) is 8.60. The lowest BCUT2D eigenvalue weighted by Crippen LogP contribution is -2.23. The fourth-order valence-corrected chi connectivity index (χ4v) is 1.30. The molecule has 4 nitrogen and oxygen atoms in total. The van der Waals surface area contributed by atoms with Gasteiger partial charge in [-0.2, -0.15) is 13.2 Å². The highest BCUT2D eigenvalue weighted by Crippen LogP contribution is 2.44. The Morgan fingerprint density at radius 3 is 2.16 bits per heavy atom. The minimum atomic E-state index is -5.30. The van der Waals surface area contributed by atoms with Crippen LogP contribution in [0.15, 0.2) is 6.20 Å². The summed E-state index contributed by atoms with van der Waals surface area (Å²) >= 11 is 0. The highest BCUT2D eigenvalue weighted by atomic mass is 19.4. The molecule has 0 aliphatic carbocycles. The van der Waals surface area contributed by atoms with Crippen molar-refractivity contribution in [2.24, 2.45) is 5.73 Å². The molecule has 0 bridgehead atoms. The number of halogens is 6. The first kappa shape index (κ1) is 15.3. The number of nitrogens with zero attached hydrogens (tertiary/aromatic N) is 1. The van der Waals surface area contributed by atoms with Crippen LogP contribution in [0.3, 0.4) is 0 Å². The number of rotatable bonds is 3. The van der Waals surface area contributed by atoms with E-state index in [0.717, 1.165) is 13.3 Å². The van der Waals surface area contributed by atoms with Gasteiger partial charge < -0.3 is 15.2 Å². The maximum atomic E-state index is 12.8. The molecule has 0 spiro atoms. The predicted molar refractivity (Wildman–Crippen MR) is 50.4 cm³/mol. The number of methoxy groups -OCH3 is 1. The maximum absolute atomic E-state index is 12.8. The van der Waals surface area contributed by atoms with Gasteiger partial charge in [0.05, 0.1) is 7.11 Å². The first-order valence-corrected chi connectivity index (χ1v) is 4.69. The van der Waals surface area contributed by atoms with Gasteiger partial charge in [-0.25, -0.2) is 4.98 Å². The smallest absolute Gasteiger partial charge is 0.480 e. The summed E-state index contributed by atoms with van der Waals surface area (Å²) in [6.07, 6.45) is -9.70. The third-order valence-electron chi connectivity index (χ3n) is 1.98. The molecular formula is C9H8F6N2O2. The highest BCUT2D eigenvalue weighted by Gasteiger charge is 2.44. The number of hydrogen-bond acceptors (Lipinski definition) is 4. The summed E-state index contributed by atoms with van der Waals surface area (Å²) in [7, 11) is 0.844. The van der Waals surface area contributed by atoms with Gasteiger partial charge in [-0.15, -0.1) is 13.2 Å². The van der Waals surface area contributed by atoms with Crippen molar-refractivity contribution in [3.63, 3.8) is 0 Å². The fraction of sp³-hybridized carbons (Fsp3) is 0.444. The van der Waals surface area contributed by atoms with Crippen molar-refractivity contribution < 1.29 is 35.8 Å². The van der Waals surface area contributed by atoms with Crippen LogP contribution in [0.25, 0.3) is 0 Å². The molecule has 0 saturated carbocycles. The zero-order chi connectivity index (χ0) is 14.8. The first-order valence-electron chi connectivity index (χ1n) is 4.69. The minimum absolute atomic E-state index is 0.537. The third-order valence-corrected chi connectivity index (χ3v) is 1.98. The van der Waals surface area contributed by atoms with E-state index in [1.165, 1.54) is 0 Å². The van der Waals surface area contributed by atoms with E-state index < -0.39 is 41.8 Å². The number of ether oxygens (including phenoxy) is 2. The van der Waals surface area contributed by atoms with Crippen molar-refractivity contribution in [3.8, 4) is 11.6 Å². The topological polar surface area (TPSA) is 57.4 Å². The lowest BCUT2D eigenvalue weighted by Gasteiger charge is -2.19. The molecule has 0 aliphatic rings. The largest absolute Gasteiger partial charge is 0.573 e. The number of hydrogen-bond donors (Lipinski definition) is 1. The van der Waals surface area contributed by atoms with Crippen molar-refractivity contribution in [3.05, 3.63) is 17.3 Å². The van der Waals surface area contributed by atoms with Crippen LogP contribution in [0.4, 0.5) is 26.3 Å². The summed E-state index contributed by atoms with van der Waals surface area (Å²) < 4.78 is 82.6. The van der Waals surface area contributed by atoms with Crippen LogP contribution in [0.1, 0.15) is 11.1 Å². The Labute approximate surface area is 103 Å². The van der Waals surface area contributed by atoms with Gasteiger partial charge in [0, 0.05) is 18.3 Å². The Morgan fingerprint density at radius 1 is 1.21 bits per heavy atom. The third kappa shape index (κ3) is 3.63. The van der Waals surface area contributed by atoms with E-state index in [4.69, 9.17) is 5.73 Å². The van der Waals surface area contributed by atoms with Crippen LogP contribution in [-0.2, 0) is 12.7 Å². The summed E-state index contributed by atoms with van der Waals surface area (Å²) in [5.74, 6) is -2.47. The van der Waals surface area contributed by atoms with Gasteiger partial charge in [-0.3, -0.25) is 0 Å². The Hall–Kier alpha value is -1.71. The summed E-state index contributed by atoms with van der Waals surface area (Å²) in [6.45, 7) is -0.606. The summed E-state index contributed by atoms with van der Waals surface area (Å²) in [6, 6.07) is 0. The SMILES string of the molecule is COc1ncc(CN)c(OC(F)(F)F)c1C(F)(F)F. The molecule has 0 saturated heterocycles. The highest BCUT2D eigenvalue weighted by molar-refractivity contribution is 5.47. The summed E-state index contributed by atoms with van der Waals surface area (Å²) in [4.78, 5) is 3.26. The predicted octanol–water partition coefficient (Wildman–Crippen LogP) is 2.47. The van der Waals surface area contributed by atoms with E-state index in [-0.39, 0.29) is 0 Å². The molecule has 0 atom stereocenters. The zero-order valence-corrected chi connectivity index (χ0v) is 9.39. The molecule has 0 unspecified atom stereocenters. The molecule has 1 aromatic heterocycles. The zero-order valence-electron chi connectivity index (χ0n) is 9.39. The average molecular weight is 290 g/mol. The van der Waals surface area contributed by atoms with Crippen molar-refractivity contribution in [2.75, 3.05) is 7.11 Å². The van der Waals surface area contributed by atoms with Gasteiger partial charge in [-0.1, -0.05) is 0 Å². The summed E-state index contributed by atoms with van der Waals surface area (Å²) in [5, 5.41) is 0. The van der Waals surface area contributed by atoms with Crippen LogP contribution >= 0.6 is 0 Å². The molecule has 0 radical (unpaired) electrons. The quantitative estimate of drug-likeness (QED) is 0.869. The second-order valence-corrected chi connectivity index (χ2v) is 3.25. The molecule has 1 heterocycles. The molecule has 0 aromatic carbocycles. The van der Waals surface area contributed by atoms with Gasteiger partial charge in [0.25, 0.3) is 0 Å². The van der Waals surface area contributed by atoms with Gasteiger partial charge in [0.15, 0.2) is 11.3 Å². The Kier molecular flexibility index (Phi) is 4.13. The molecule has 10 heteroatoms. The average Bonchev–Trinajstić information content (AvgIpc) is 2.24. The van der Waals surface area contributed by atoms with Gasteiger partial charge in [0.1, 0.15) is 0 Å². The number of alkyl halides is 6. The van der Waals surface area contributed by atoms with E-state index in [1.54, 1.807) is 0 Å². The summed E-state index contributed by atoms with van der Waals surface area (Å²) in [5.41, 5.74) is 2.79. The molecule has 2 N–H and O–H groups in total. The van der Waals surface area contributed by atoms with Crippen molar-refractivity contribution in [1.29, 1.82) is 0 Å². The molecule has 0 amide bonds. The lowest BCUT2D eigenvalue weighted by atomic mass is 10.1. The molecule has 19 heavy (non-hydrogen) atoms. The fourth-order valence-electron chi connectivity index (χ4n) is 1.30. The number of nitrogens with two attached hydrogens (primary N) is 1. The Bertz CT molecular complexity index is 457. The van der Waals surface area contributed by atoms with E-state index in [9.17, 15) is 26.3 Å². The van der Waals surface area contributed by atoms with Crippen LogP contribution < -0.4 is 15.2 Å². The second-order valence-electron chi connectivity index (χ2n) is 3.25. The van der Waals surface area contributed by atoms with Gasteiger partial charge in [0.2, 0.25) is 5.88 Å². The Morgan fingerprint density at radius 2 is 1.79 bits per heavy atom. The van der Waals surface area contributed by atoms with E-state index in [0.29, 0.717) is 0 Å². The molecule has 0 aliphatic heterocycles. The second kappa shape index (κ2) is 5.11. The van der Waals surface area contributed by atoms with Gasteiger partial charge in [-0.05, 0) is 0 Å². The number of pyridine rings is 1. The van der Waals surface area contributed by atoms with Crippen LogP contribution in [0.5, 0.6) is 11.6 Å². The molecule has 1 rings (SSSR count). The van der Waals surface area contributed by atoms with Crippen molar-refractivity contribution in [1.82, 2.24) is 4.98 Å².